The number of carbonyl (C=O) groups excluding carboxylic acids is 2. The van der Waals surface area contributed by atoms with E-state index in [1.165, 1.54) is 31.4 Å². The third kappa shape index (κ3) is 2.82. The number of nitriles is 1. The first-order chi connectivity index (χ1) is 10.5. The molecule has 7 heteroatoms. The predicted molar refractivity (Wildman–Crippen MR) is 79.5 cm³/mol. The molecule has 0 aliphatic heterocycles. The van der Waals surface area contributed by atoms with Crippen LogP contribution in [0.3, 0.4) is 0 Å². The van der Waals surface area contributed by atoms with E-state index in [0.29, 0.717) is 5.56 Å². The van der Waals surface area contributed by atoms with E-state index in [2.05, 4.69) is 10.1 Å². The number of halogens is 1. The first-order valence-corrected chi connectivity index (χ1v) is 6.99. The van der Waals surface area contributed by atoms with Gasteiger partial charge in [-0.1, -0.05) is 12.1 Å². The molecule has 0 aliphatic carbocycles. The van der Waals surface area contributed by atoms with Gasteiger partial charge in [-0.05, 0) is 24.6 Å². The lowest BCUT2D eigenvalue weighted by molar-refractivity contribution is 0.0605. The quantitative estimate of drug-likeness (QED) is 0.882. The van der Waals surface area contributed by atoms with Gasteiger partial charge in [0.25, 0.3) is 5.91 Å². The second kappa shape index (κ2) is 6.37. The number of hydrogen-bond acceptors (Lipinski definition) is 5. The summed E-state index contributed by atoms with van der Waals surface area (Å²) in [4.78, 5) is 23.9. The lowest BCUT2D eigenvalue weighted by Crippen LogP contribution is -2.13. The number of esters is 1. The maximum Gasteiger partial charge on any atom is 0.348 e. The molecule has 1 aromatic heterocycles. The molecule has 1 N–H and O–H groups in total. The van der Waals surface area contributed by atoms with Gasteiger partial charge in [-0.15, -0.1) is 11.3 Å². The van der Waals surface area contributed by atoms with E-state index in [9.17, 15) is 19.2 Å². The second-order valence-corrected chi connectivity index (χ2v) is 5.32. The van der Waals surface area contributed by atoms with Crippen molar-refractivity contribution in [3.63, 3.8) is 0 Å². The Labute approximate surface area is 129 Å². The number of ether oxygens (including phenoxy) is 1. The summed E-state index contributed by atoms with van der Waals surface area (Å²) < 4.78 is 18.2. The first kappa shape index (κ1) is 15.7. The van der Waals surface area contributed by atoms with Gasteiger partial charge >= 0.3 is 5.97 Å². The molecule has 2 rings (SSSR count). The van der Waals surface area contributed by atoms with Gasteiger partial charge in [0, 0.05) is 0 Å². The average molecular weight is 318 g/mol. The van der Waals surface area contributed by atoms with Crippen LogP contribution in [0, 0.1) is 24.1 Å². The number of anilines is 1. The van der Waals surface area contributed by atoms with Crippen molar-refractivity contribution >= 4 is 28.2 Å². The molecule has 0 atom stereocenters. The number of methoxy groups -OCH3 is 1. The smallest absolute Gasteiger partial charge is 0.348 e. The lowest BCUT2D eigenvalue weighted by atomic mass is 10.1. The molecular formula is C15H11FN2O3S. The minimum absolute atomic E-state index is 0.142. The summed E-state index contributed by atoms with van der Waals surface area (Å²) in [5, 5.41) is 11.8. The Morgan fingerprint density at radius 3 is 2.64 bits per heavy atom. The highest BCUT2D eigenvalue weighted by Crippen LogP contribution is 2.33. The topological polar surface area (TPSA) is 79.2 Å². The van der Waals surface area contributed by atoms with Gasteiger partial charge in [0.2, 0.25) is 0 Å². The Kier molecular flexibility index (Phi) is 4.53. The summed E-state index contributed by atoms with van der Waals surface area (Å²) in [7, 11) is 1.23. The van der Waals surface area contributed by atoms with E-state index in [1.54, 1.807) is 6.92 Å². The molecule has 0 saturated heterocycles. The molecule has 112 valence electrons. The molecule has 22 heavy (non-hydrogen) atoms. The molecule has 1 amide bonds. The maximum absolute atomic E-state index is 13.6. The molecule has 1 heterocycles. The Morgan fingerprint density at radius 1 is 1.36 bits per heavy atom. The van der Waals surface area contributed by atoms with Crippen molar-refractivity contribution < 1.29 is 18.7 Å². The fourth-order valence-corrected chi connectivity index (χ4v) is 2.91. The van der Waals surface area contributed by atoms with Crippen molar-refractivity contribution in [2.24, 2.45) is 0 Å². The Hall–Kier alpha value is -2.72. The van der Waals surface area contributed by atoms with E-state index in [0.717, 1.165) is 11.3 Å². The fraction of sp³-hybridized carbons (Fsp3) is 0.133. The van der Waals surface area contributed by atoms with Gasteiger partial charge in [-0.25, -0.2) is 9.18 Å². The molecule has 0 radical (unpaired) electrons. The van der Waals surface area contributed by atoms with Crippen LogP contribution >= 0.6 is 11.3 Å². The molecule has 0 saturated carbocycles. The van der Waals surface area contributed by atoms with Crippen molar-refractivity contribution in [3.8, 4) is 6.07 Å². The summed E-state index contributed by atoms with van der Waals surface area (Å²) in [6.07, 6.45) is 0. The number of thiophene rings is 1. The van der Waals surface area contributed by atoms with E-state index in [-0.39, 0.29) is 21.0 Å². The van der Waals surface area contributed by atoms with Gasteiger partial charge in [0.15, 0.2) is 0 Å². The maximum atomic E-state index is 13.6. The number of nitrogens with zero attached hydrogens (tertiary/aromatic N) is 1. The average Bonchev–Trinajstić information content (AvgIpc) is 2.82. The summed E-state index contributed by atoms with van der Waals surface area (Å²) in [6.45, 7) is 1.58. The van der Waals surface area contributed by atoms with Gasteiger partial charge in [0.05, 0.1) is 18.2 Å². The molecule has 0 aliphatic rings. The Balaban J connectivity index is 2.38. The van der Waals surface area contributed by atoms with Crippen LogP contribution in [0.25, 0.3) is 0 Å². The molecule has 5 nitrogen and oxygen atoms in total. The van der Waals surface area contributed by atoms with Crippen LogP contribution in [0.1, 0.15) is 31.2 Å². The summed E-state index contributed by atoms with van der Waals surface area (Å²) in [5.74, 6) is -1.95. The van der Waals surface area contributed by atoms with E-state index >= 15 is 0 Å². The van der Waals surface area contributed by atoms with Crippen LogP contribution in [0.15, 0.2) is 24.3 Å². The molecule has 2 aromatic rings. The standard InChI is InChI=1S/C15H11FN2O3S/c1-8-10(7-17)14(22-12(8)15(20)21-2)18-13(19)9-5-3-4-6-11(9)16/h3-6H,1-2H3,(H,18,19). The van der Waals surface area contributed by atoms with Gasteiger partial charge in [0.1, 0.15) is 21.8 Å². The summed E-state index contributed by atoms with van der Waals surface area (Å²) >= 11 is 0.921. The number of rotatable bonds is 3. The highest BCUT2D eigenvalue weighted by molar-refractivity contribution is 7.18. The minimum atomic E-state index is -0.688. The molecule has 0 bridgehead atoms. The molecule has 1 aromatic carbocycles. The van der Waals surface area contributed by atoms with Crippen molar-refractivity contribution in [1.29, 1.82) is 5.26 Å². The third-order valence-corrected chi connectivity index (χ3v) is 4.16. The number of hydrogen-bond donors (Lipinski definition) is 1. The van der Waals surface area contributed by atoms with Crippen LogP contribution in [0.5, 0.6) is 0 Å². The molecular weight excluding hydrogens is 307 g/mol. The Morgan fingerprint density at radius 2 is 2.05 bits per heavy atom. The van der Waals surface area contributed by atoms with Crippen LogP contribution < -0.4 is 5.32 Å². The lowest BCUT2D eigenvalue weighted by Gasteiger charge is -2.04. The highest BCUT2D eigenvalue weighted by atomic mass is 32.1. The molecule has 0 spiro atoms. The zero-order valence-electron chi connectivity index (χ0n) is 11.8. The van der Waals surface area contributed by atoms with Crippen molar-refractivity contribution in [1.82, 2.24) is 0 Å². The van der Waals surface area contributed by atoms with Crippen LogP contribution in [-0.4, -0.2) is 19.0 Å². The SMILES string of the molecule is COC(=O)c1sc(NC(=O)c2ccccc2F)c(C#N)c1C. The number of carbonyl (C=O) groups is 2. The normalized spacial score (nSPS) is 9.91. The van der Waals surface area contributed by atoms with Gasteiger partial charge in [-0.3, -0.25) is 4.79 Å². The highest BCUT2D eigenvalue weighted by Gasteiger charge is 2.22. The van der Waals surface area contributed by atoms with E-state index in [1.807, 2.05) is 6.07 Å². The van der Waals surface area contributed by atoms with E-state index < -0.39 is 17.7 Å². The number of amides is 1. The van der Waals surface area contributed by atoms with Gasteiger partial charge in [-0.2, -0.15) is 5.26 Å². The number of benzene rings is 1. The van der Waals surface area contributed by atoms with Crippen LogP contribution in [-0.2, 0) is 4.74 Å². The zero-order chi connectivity index (χ0) is 16.3. The number of nitrogens with one attached hydrogen (secondary N) is 1. The molecule has 0 fully saturated rings. The fourth-order valence-electron chi connectivity index (χ4n) is 1.84. The first-order valence-electron chi connectivity index (χ1n) is 6.17. The van der Waals surface area contributed by atoms with Gasteiger partial charge < -0.3 is 10.1 Å². The van der Waals surface area contributed by atoms with Crippen molar-refractivity contribution in [3.05, 3.63) is 51.7 Å². The summed E-state index contributed by atoms with van der Waals surface area (Å²) in [5.41, 5.74) is 0.440. The van der Waals surface area contributed by atoms with Crippen molar-refractivity contribution in [2.75, 3.05) is 12.4 Å². The second-order valence-electron chi connectivity index (χ2n) is 4.30. The summed E-state index contributed by atoms with van der Waals surface area (Å²) in [6, 6.07) is 7.43. The predicted octanol–water partition coefficient (Wildman–Crippen LogP) is 3.11. The minimum Gasteiger partial charge on any atom is -0.465 e. The van der Waals surface area contributed by atoms with Crippen LogP contribution in [0.2, 0.25) is 0 Å². The monoisotopic (exact) mass is 318 g/mol. The Bertz CT molecular complexity index is 793. The largest absolute Gasteiger partial charge is 0.465 e. The van der Waals surface area contributed by atoms with E-state index in [4.69, 9.17) is 0 Å². The zero-order valence-corrected chi connectivity index (χ0v) is 12.6. The van der Waals surface area contributed by atoms with Crippen LogP contribution in [0.4, 0.5) is 9.39 Å². The molecule has 0 unspecified atom stereocenters. The van der Waals surface area contributed by atoms with Crippen molar-refractivity contribution in [2.45, 2.75) is 6.92 Å². The third-order valence-electron chi connectivity index (χ3n) is 2.97.